The van der Waals surface area contributed by atoms with Crippen LogP contribution >= 0.6 is 0 Å². The third kappa shape index (κ3) is 7.24. The monoisotopic (exact) mass is 510 g/mol. The van der Waals surface area contributed by atoms with Crippen LogP contribution < -0.4 is 21.3 Å². The molecular weight excluding hydrogens is 471 g/mol. The molecule has 1 heterocycles. The Morgan fingerprint density at radius 2 is 1.75 bits per heavy atom. The number of Topliss-reactive ketones (excluding diaryl/α,β-unsaturated/α-hetero) is 1. The molecule has 1 aliphatic heterocycles. The average molecular weight is 511 g/mol. The summed E-state index contributed by atoms with van der Waals surface area (Å²) < 4.78 is 14.1. The molecule has 0 spiro atoms. The first-order valence-electron chi connectivity index (χ1n) is 12.8. The van der Waals surface area contributed by atoms with Crippen LogP contribution in [0.15, 0.2) is 0 Å². The van der Waals surface area contributed by atoms with E-state index in [9.17, 15) is 33.5 Å². The Morgan fingerprint density at radius 1 is 1.06 bits per heavy atom. The summed E-state index contributed by atoms with van der Waals surface area (Å²) in [6.07, 6.45) is 2.08. The van der Waals surface area contributed by atoms with Crippen molar-refractivity contribution in [2.75, 3.05) is 13.2 Å². The molecule has 1 saturated heterocycles. The van der Waals surface area contributed by atoms with Crippen LogP contribution in [0.2, 0.25) is 0 Å². The van der Waals surface area contributed by atoms with Crippen molar-refractivity contribution in [3.8, 4) is 0 Å². The van der Waals surface area contributed by atoms with E-state index in [1.807, 2.05) is 20.8 Å². The van der Waals surface area contributed by atoms with Gasteiger partial charge in [-0.25, -0.2) is 4.39 Å². The number of ketones is 1. The van der Waals surface area contributed by atoms with E-state index in [4.69, 9.17) is 0 Å². The van der Waals surface area contributed by atoms with Gasteiger partial charge < -0.3 is 26.4 Å². The van der Waals surface area contributed by atoms with E-state index in [0.717, 1.165) is 6.42 Å². The van der Waals surface area contributed by atoms with Gasteiger partial charge >= 0.3 is 11.8 Å². The first-order valence-corrected chi connectivity index (χ1v) is 12.8. The summed E-state index contributed by atoms with van der Waals surface area (Å²) in [7, 11) is 0. The second-order valence-corrected chi connectivity index (χ2v) is 11.7. The Hall–Kier alpha value is -2.56. The molecule has 4 fully saturated rings. The Balaban J connectivity index is 1.64. The largest absolute Gasteiger partial charge is 0.389 e. The van der Waals surface area contributed by atoms with Gasteiger partial charge in [-0.3, -0.25) is 24.0 Å². The van der Waals surface area contributed by atoms with E-state index in [-0.39, 0.29) is 37.0 Å². The minimum Gasteiger partial charge on any atom is -0.389 e. The molecule has 0 aromatic carbocycles. The number of amides is 4. The van der Waals surface area contributed by atoms with Crippen LogP contribution in [0.25, 0.3) is 0 Å². The summed E-state index contributed by atoms with van der Waals surface area (Å²) in [6.45, 7) is 5.32. The Labute approximate surface area is 210 Å². The number of hydrogen-bond donors (Lipinski definition) is 5. The third-order valence-electron chi connectivity index (χ3n) is 7.51. The summed E-state index contributed by atoms with van der Waals surface area (Å²) in [4.78, 5) is 63.0. The topological polar surface area (TPSA) is 154 Å². The van der Waals surface area contributed by atoms with Crippen LogP contribution in [0.1, 0.15) is 65.7 Å². The molecule has 0 aromatic heterocycles. The second kappa shape index (κ2) is 11.7. The van der Waals surface area contributed by atoms with Gasteiger partial charge in [0.1, 0.15) is 18.8 Å². The Bertz CT molecular complexity index is 869. The number of fused-ring (bicyclic) bond motifs is 2. The van der Waals surface area contributed by atoms with Crippen molar-refractivity contribution in [1.29, 1.82) is 0 Å². The standard InChI is InChI=1S/C25H39FN4O6/c1-25(2,3)11-19(30-24(36)23(35)28-17-10-16(26)14-7-15(17)8-14)22(34)29-18(20(32)12-31)9-13-5-4-6-27-21(13)33/h13-19,31H,4-12H2,1-3H3,(H,27,33)(H,28,35)(H,29,34)(H,30,36)/t13-,14?,15?,16+,17-,18-,19-/m0/s1. The fourth-order valence-electron chi connectivity index (χ4n) is 5.41. The molecule has 5 atom stereocenters. The summed E-state index contributed by atoms with van der Waals surface area (Å²) >= 11 is 0. The first kappa shape index (κ1) is 28.0. The smallest absolute Gasteiger partial charge is 0.309 e. The van der Waals surface area contributed by atoms with Crippen molar-refractivity contribution in [2.45, 2.75) is 90.0 Å². The van der Waals surface area contributed by atoms with E-state index >= 15 is 0 Å². The predicted octanol–water partition coefficient (Wildman–Crippen LogP) is 0.123. The molecule has 36 heavy (non-hydrogen) atoms. The summed E-state index contributed by atoms with van der Waals surface area (Å²) in [5.74, 6) is -3.74. The zero-order chi connectivity index (χ0) is 26.6. The lowest BCUT2D eigenvalue weighted by atomic mass is 9.62. The van der Waals surface area contributed by atoms with Crippen LogP contribution in [0.4, 0.5) is 4.39 Å². The maximum Gasteiger partial charge on any atom is 0.309 e. The van der Waals surface area contributed by atoms with Gasteiger partial charge in [0, 0.05) is 18.5 Å². The number of nitrogens with one attached hydrogen (secondary N) is 4. The highest BCUT2D eigenvalue weighted by atomic mass is 19.1. The lowest BCUT2D eigenvalue weighted by molar-refractivity contribution is -0.142. The van der Waals surface area contributed by atoms with Crippen molar-refractivity contribution in [3.05, 3.63) is 0 Å². The molecule has 0 radical (unpaired) electrons. The number of aliphatic hydroxyl groups is 1. The number of carbonyl (C=O) groups excluding carboxylic acids is 5. The third-order valence-corrected chi connectivity index (χ3v) is 7.51. The van der Waals surface area contributed by atoms with Crippen molar-refractivity contribution in [1.82, 2.24) is 21.3 Å². The fraction of sp³-hybridized carbons (Fsp3) is 0.800. The molecule has 0 unspecified atom stereocenters. The minimum atomic E-state index is -1.13. The highest BCUT2D eigenvalue weighted by molar-refractivity contribution is 6.35. The van der Waals surface area contributed by atoms with Gasteiger partial charge in [-0.15, -0.1) is 0 Å². The fourth-order valence-corrected chi connectivity index (χ4v) is 5.41. The highest BCUT2D eigenvalue weighted by Gasteiger charge is 2.47. The van der Waals surface area contributed by atoms with Gasteiger partial charge in [0.2, 0.25) is 11.8 Å². The number of piperidine rings is 1. The van der Waals surface area contributed by atoms with Gasteiger partial charge in [-0.05, 0) is 62.2 Å². The summed E-state index contributed by atoms with van der Waals surface area (Å²) in [6, 6.07) is -2.66. The number of alkyl halides is 1. The van der Waals surface area contributed by atoms with Gasteiger partial charge in [0.15, 0.2) is 5.78 Å². The molecule has 5 N–H and O–H groups in total. The zero-order valence-electron chi connectivity index (χ0n) is 21.3. The van der Waals surface area contributed by atoms with Crippen LogP contribution in [0.5, 0.6) is 0 Å². The molecule has 10 nitrogen and oxygen atoms in total. The van der Waals surface area contributed by atoms with Crippen LogP contribution in [0.3, 0.4) is 0 Å². The van der Waals surface area contributed by atoms with E-state index < -0.39 is 65.7 Å². The van der Waals surface area contributed by atoms with E-state index in [0.29, 0.717) is 25.8 Å². The number of rotatable bonds is 9. The van der Waals surface area contributed by atoms with Gasteiger partial charge in [-0.2, -0.15) is 0 Å². The molecule has 4 rings (SSSR count). The molecule has 202 valence electrons. The van der Waals surface area contributed by atoms with E-state index in [1.165, 1.54) is 0 Å². The van der Waals surface area contributed by atoms with E-state index in [2.05, 4.69) is 21.3 Å². The molecule has 3 saturated carbocycles. The summed E-state index contributed by atoms with van der Waals surface area (Å²) in [5, 5.41) is 19.8. The molecule has 0 aromatic rings. The van der Waals surface area contributed by atoms with Crippen molar-refractivity contribution in [3.63, 3.8) is 0 Å². The zero-order valence-corrected chi connectivity index (χ0v) is 21.3. The highest BCUT2D eigenvalue weighted by Crippen LogP contribution is 2.47. The Kier molecular flexibility index (Phi) is 9.08. The van der Waals surface area contributed by atoms with Crippen LogP contribution in [-0.2, 0) is 24.0 Å². The van der Waals surface area contributed by atoms with Gasteiger partial charge in [-0.1, -0.05) is 20.8 Å². The quantitative estimate of drug-likeness (QED) is 0.278. The maximum atomic E-state index is 14.1. The maximum absolute atomic E-state index is 14.1. The molecule has 2 bridgehead atoms. The Morgan fingerprint density at radius 3 is 2.33 bits per heavy atom. The van der Waals surface area contributed by atoms with Crippen molar-refractivity contribution >= 4 is 29.4 Å². The molecule has 4 aliphatic rings. The lowest BCUT2D eigenvalue weighted by Gasteiger charge is -2.48. The number of aliphatic hydroxyl groups excluding tert-OH is 1. The van der Waals surface area contributed by atoms with Gasteiger partial charge in [0.05, 0.1) is 6.04 Å². The summed E-state index contributed by atoms with van der Waals surface area (Å²) in [5.41, 5.74) is -0.419. The number of hydrogen-bond acceptors (Lipinski definition) is 6. The SMILES string of the molecule is CC(C)(C)C[C@H](NC(=O)C(=O)N[C@H]1C[C@@H](F)C2CC1C2)C(=O)N[C@@H](C[C@@H]1CCCNC1=O)C(=O)CO. The molecule has 4 amide bonds. The van der Waals surface area contributed by atoms with Crippen LogP contribution in [0, 0.1) is 23.2 Å². The normalized spacial score (nSPS) is 29.1. The lowest BCUT2D eigenvalue weighted by Crippen LogP contribution is -2.59. The van der Waals surface area contributed by atoms with Crippen molar-refractivity contribution in [2.24, 2.45) is 23.2 Å². The predicted molar refractivity (Wildman–Crippen MR) is 128 cm³/mol. The second-order valence-electron chi connectivity index (χ2n) is 11.7. The number of carbonyl (C=O) groups is 5. The minimum absolute atomic E-state index is 0.0299. The average Bonchev–Trinajstić information content (AvgIpc) is 2.76. The first-order chi connectivity index (χ1) is 16.9. The molecular formula is C25H39FN4O6. The molecule has 11 heteroatoms. The van der Waals surface area contributed by atoms with Crippen molar-refractivity contribution < 1.29 is 33.5 Å². The van der Waals surface area contributed by atoms with Crippen LogP contribution in [-0.4, -0.2) is 72.0 Å². The van der Waals surface area contributed by atoms with Gasteiger partial charge in [0.25, 0.3) is 0 Å². The molecule has 3 aliphatic carbocycles. The number of halogens is 1. The van der Waals surface area contributed by atoms with E-state index in [1.54, 1.807) is 0 Å².